The second kappa shape index (κ2) is 5.33. The smallest absolute Gasteiger partial charge is 0.144 e. The molecule has 3 heteroatoms. The zero-order valence-corrected chi connectivity index (χ0v) is 10.6. The topological polar surface area (TPSA) is 48.7 Å². The van der Waals surface area contributed by atoms with Gasteiger partial charge < -0.3 is 5.32 Å². The number of pyridine rings is 1. The second-order valence-corrected chi connectivity index (χ2v) is 4.35. The lowest BCUT2D eigenvalue weighted by Crippen LogP contribution is -2.03. The standard InChI is InChI=1S/C15H15N3/c1-11(2)7-8-17-15-13(10-16)9-12-5-3-4-6-14(12)18-15/h3-7,9H,8H2,1-2H3,(H,17,18). The number of aromatic nitrogens is 1. The van der Waals surface area contributed by atoms with Crippen LogP contribution in [0.5, 0.6) is 0 Å². The molecular formula is C15H15N3. The van der Waals surface area contributed by atoms with Gasteiger partial charge in [-0.05, 0) is 26.0 Å². The van der Waals surface area contributed by atoms with Gasteiger partial charge in [-0.3, -0.25) is 0 Å². The van der Waals surface area contributed by atoms with Gasteiger partial charge in [-0.15, -0.1) is 0 Å². The van der Waals surface area contributed by atoms with E-state index in [0.717, 1.165) is 10.9 Å². The summed E-state index contributed by atoms with van der Waals surface area (Å²) in [6.07, 6.45) is 2.07. The molecular weight excluding hydrogens is 222 g/mol. The van der Waals surface area contributed by atoms with E-state index in [1.807, 2.05) is 44.2 Å². The maximum atomic E-state index is 9.14. The van der Waals surface area contributed by atoms with Crippen molar-refractivity contribution in [3.8, 4) is 6.07 Å². The molecule has 0 saturated carbocycles. The molecule has 0 unspecified atom stereocenters. The zero-order chi connectivity index (χ0) is 13.0. The minimum Gasteiger partial charge on any atom is -0.365 e. The first-order chi connectivity index (χ1) is 8.70. The summed E-state index contributed by atoms with van der Waals surface area (Å²) in [6.45, 7) is 4.77. The number of nitrogens with one attached hydrogen (secondary N) is 1. The first kappa shape index (κ1) is 12.1. The Bertz CT molecular complexity index is 632. The van der Waals surface area contributed by atoms with E-state index in [-0.39, 0.29) is 0 Å². The number of nitrogens with zero attached hydrogens (tertiary/aromatic N) is 2. The highest BCUT2D eigenvalue weighted by Gasteiger charge is 2.05. The number of hydrogen-bond donors (Lipinski definition) is 1. The Labute approximate surface area is 107 Å². The largest absolute Gasteiger partial charge is 0.365 e. The van der Waals surface area contributed by atoms with Gasteiger partial charge in [-0.25, -0.2) is 4.98 Å². The maximum absolute atomic E-state index is 9.14. The third-order valence-electron chi connectivity index (χ3n) is 2.62. The fourth-order valence-electron chi connectivity index (χ4n) is 1.69. The first-order valence-electron chi connectivity index (χ1n) is 5.88. The van der Waals surface area contributed by atoms with Gasteiger partial charge >= 0.3 is 0 Å². The summed E-state index contributed by atoms with van der Waals surface area (Å²) in [5.41, 5.74) is 2.72. The summed E-state index contributed by atoms with van der Waals surface area (Å²) < 4.78 is 0. The summed E-state index contributed by atoms with van der Waals surface area (Å²) in [6, 6.07) is 11.8. The average Bonchev–Trinajstić information content (AvgIpc) is 2.37. The predicted molar refractivity (Wildman–Crippen MR) is 74.4 cm³/mol. The lowest BCUT2D eigenvalue weighted by molar-refractivity contribution is 1.21. The number of rotatable bonds is 3. The molecule has 0 aliphatic carbocycles. The number of nitriles is 1. The Morgan fingerprint density at radius 1 is 1.39 bits per heavy atom. The van der Waals surface area contributed by atoms with Crippen LogP contribution in [0.15, 0.2) is 42.0 Å². The van der Waals surface area contributed by atoms with Crippen LogP contribution in [0, 0.1) is 11.3 Å². The SMILES string of the molecule is CC(C)=CCNc1nc2ccccc2cc1C#N. The molecule has 0 aliphatic heterocycles. The van der Waals surface area contributed by atoms with E-state index in [9.17, 15) is 0 Å². The third-order valence-corrected chi connectivity index (χ3v) is 2.62. The molecule has 18 heavy (non-hydrogen) atoms. The van der Waals surface area contributed by atoms with Gasteiger partial charge in [-0.1, -0.05) is 29.8 Å². The van der Waals surface area contributed by atoms with E-state index in [0.29, 0.717) is 17.9 Å². The highest BCUT2D eigenvalue weighted by Crippen LogP contribution is 2.19. The van der Waals surface area contributed by atoms with Gasteiger partial charge in [0.25, 0.3) is 0 Å². The van der Waals surface area contributed by atoms with Gasteiger partial charge in [-0.2, -0.15) is 5.26 Å². The monoisotopic (exact) mass is 237 g/mol. The van der Waals surface area contributed by atoms with Crippen LogP contribution in [0.3, 0.4) is 0 Å². The Hall–Kier alpha value is -2.34. The molecule has 0 amide bonds. The molecule has 2 rings (SSSR count). The van der Waals surface area contributed by atoms with E-state index in [1.165, 1.54) is 5.57 Å². The Morgan fingerprint density at radius 2 is 2.17 bits per heavy atom. The molecule has 1 aromatic carbocycles. The lowest BCUT2D eigenvalue weighted by atomic mass is 10.1. The van der Waals surface area contributed by atoms with Gasteiger partial charge in [0.1, 0.15) is 11.9 Å². The summed E-state index contributed by atoms with van der Waals surface area (Å²) in [4.78, 5) is 4.48. The molecule has 0 atom stereocenters. The van der Waals surface area contributed by atoms with Gasteiger partial charge in [0, 0.05) is 11.9 Å². The third kappa shape index (κ3) is 2.67. The van der Waals surface area contributed by atoms with Crippen LogP contribution in [0.2, 0.25) is 0 Å². The molecule has 1 aromatic heterocycles. The average molecular weight is 237 g/mol. The highest BCUT2D eigenvalue weighted by molar-refractivity contribution is 5.82. The van der Waals surface area contributed by atoms with E-state index >= 15 is 0 Å². The van der Waals surface area contributed by atoms with Gasteiger partial charge in [0.05, 0.1) is 11.1 Å². The normalized spacial score (nSPS) is 9.83. The molecule has 0 bridgehead atoms. The van der Waals surface area contributed by atoms with Crippen LogP contribution in [0.1, 0.15) is 19.4 Å². The van der Waals surface area contributed by atoms with Crippen molar-refractivity contribution >= 4 is 16.7 Å². The second-order valence-electron chi connectivity index (χ2n) is 4.35. The fourth-order valence-corrected chi connectivity index (χ4v) is 1.69. The number of hydrogen-bond acceptors (Lipinski definition) is 3. The molecule has 0 fully saturated rings. The van der Waals surface area contributed by atoms with Gasteiger partial charge in [0.2, 0.25) is 0 Å². The molecule has 0 aliphatic rings. The van der Waals surface area contributed by atoms with Crippen LogP contribution in [0.25, 0.3) is 10.9 Å². The minimum absolute atomic E-state index is 0.579. The van der Waals surface area contributed by atoms with Crippen molar-refractivity contribution in [1.29, 1.82) is 5.26 Å². The Balaban J connectivity index is 2.37. The van der Waals surface area contributed by atoms with Crippen molar-refractivity contribution in [2.75, 3.05) is 11.9 Å². The maximum Gasteiger partial charge on any atom is 0.144 e. The van der Waals surface area contributed by atoms with Crippen LogP contribution in [0.4, 0.5) is 5.82 Å². The van der Waals surface area contributed by atoms with Gasteiger partial charge in [0.15, 0.2) is 0 Å². The summed E-state index contributed by atoms with van der Waals surface area (Å²) in [7, 11) is 0. The van der Waals surface area contributed by atoms with Crippen LogP contribution in [-0.4, -0.2) is 11.5 Å². The molecule has 3 nitrogen and oxygen atoms in total. The van der Waals surface area contributed by atoms with E-state index < -0.39 is 0 Å². The number of allylic oxidation sites excluding steroid dienone is 1. The Kier molecular flexibility index (Phi) is 3.59. The fraction of sp³-hybridized carbons (Fsp3) is 0.200. The summed E-state index contributed by atoms with van der Waals surface area (Å²) in [5, 5.41) is 13.3. The van der Waals surface area contributed by atoms with Crippen molar-refractivity contribution in [3.05, 3.63) is 47.5 Å². The van der Waals surface area contributed by atoms with Crippen LogP contribution in [-0.2, 0) is 0 Å². The van der Waals surface area contributed by atoms with Crippen LogP contribution < -0.4 is 5.32 Å². The molecule has 1 N–H and O–H groups in total. The molecule has 0 radical (unpaired) electrons. The number of fused-ring (bicyclic) bond motifs is 1. The highest BCUT2D eigenvalue weighted by atomic mass is 15.0. The van der Waals surface area contributed by atoms with E-state index in [2.05, 4.69) is 22.4 Å². The number of benzene rings is 1. The van der Waals surface area contributed by atoms with Crippen molar-refractivity contribution in [1.82, 2.24) is 4.98 Å². The zero-order valence-electron chi connectivity index (χ0n) is 10.6. The summed E-state index contributed by atoms with van der Waals surface area (Å²) >= 11 is 0. The number of para-hydroxylation sites is 1. The van der Waals surface area contributed by atoms with Crippen molar-refractivity contribution in [3.63, 3.8) is 0 Å². The molecule has 2 aromatic rings. The predicted octanol–water partition coefficient (Wildman–Crippen LogP) is 3.48. The first-order valence-corrected chi connectivity index (χ1v) is 5.88. The Morgan fingerprint density at radius 3 is 2.89 bits per heavy atom. The van der Waals surface area contributed by atoms with Crippen LogP contribution >= 0.6 is 0 Å². The minimum atomic E-state index is 0.579. The molecule has 90 valence electrons. The quantitative estimate of drug-likeness (QED) is 0.831. The summed E-state index contributed by atoms with van der Waals surface area (Å²) in [5.74, 6) is 0.647. The lowest BCUT2D eigenvalue weighted by Gasteiger charge is -2.07. The van der Waals surface area contributed by atoms with Crippen molar-refractivity contribution < 1.29 is 0 Å². The molecule has 1 heterocycles. The molecule has 0 saturated heterocycles. The molecule has 0 spiro atoms. The number of anilines is 1. The van der Waals surface area contributed by atoms with E-state index in [4.69, 9.17) is 5.26 Å². The van der Waals surface area contributed by atoms with Crippen molar-refractivity contribution in [2.24, 2.45) is 0 Å². The van der Waals surface area contributed by atoms with Crippen molar-refractivity contribution in [2.45, 2.75) is 13.8 Å². The van der Waals surface area contributed by atoms with E-state index in [1.54, 1.807) is 0 Å².